The Hall–Kier alpha value is -1.77. The average Bonchev–Trinajstić information content (AvgIpc) is 2.52. The third kappa shape index (κ3) is 1.54. The van der Waals surface area contributed by atoms with Crippen molar-refractivity contribution < 1.29 is 4.52 Å². The van der Waals surface area contributed by atoms with E-state index in [1.165, 1.54) is 6.07 Å². The van der Waals surface area contributed by atoms with Gasteiger partial charge in [0.1, 0.15) is 0 Å². The SMILES string of the molecule is Cc1cccc(-c2cc(=O)[nH]o2)c1. The number of hydrogen-bond donors (Lipinski definition) is 1. The number of nitrogens with one attached hydrogen (secondary N) is 1. The van der Waals surface area contributed by atoms with Crippen molar-refractivity contribution in [3.63, 3.8) is 0 Å². The first kappa shape index (κ1) is 7.86. The Labute approximate surface area is 75.0 Å². The predicted molar refractivity (Wildman–Crippen MR) is 49.5 cm³/mol. The van der Waals surface area contributed by atoms with E-state index in [1.54, 1.807) is 0 Å². The second-order valence-electron chi connectivity index (χ2n) is 2.95. The summed E-state index contributed by atoms with van der Waals surface area (Å²) in [6.07, 6.45) is 0. The largest absolute Gasteiger partial charge is 0.378 e. The van der Waals surface area contributed by atoms with Crippen molar-refractivity contribution in [2.75, 3.05) is 0 Å². The molecule has 1 aromatic carbocycles. The molecule has 2 rings (SSSR count). The third-order valence-corrected chi connectivity index (χ3v) is 1.83. The first-order chi connectivity index (χ1) is 6.25. The summed E-state index contributed by atoms with van der Waals surface area (Å²) in [7, 11) is 0. The van der Waals surface area contributed by atoms with Crippen LogP contribution in [0.2, 0.25) is 0 Å². The fourth-order valence-electron chi connectivity index (χ4n) is 1.22. The lowest BCUT2D eigenvalue weighted by Gasteiger charge is -1.95. The number of hydrogen-bond acceptors (Lipinski definition) is 2. The monoisotopic (exact) mass is 175 g/mol. The zero-order valence-electron chi connectivity index (χ0n) is 7.20. The van der Waals surface area contributed by atoms with Gasteiger partial charge in [0.05, 0.1) is 6.07 Å². The molecule has 0 aliphatic rings. The molecule has 0 spiro atoms. The molecule has 0 atom stereocenters. The van der Waals surface area contributed by atoms with Gasteiger partial charge in [-0.25, -0.2) is 0 Å². The second-order valence-corrected chi connectivity index (χ2v) is 2.95. The highest BCUT2D eigenvalue weighted by Crippen LogP contribution is 2.17. The van der Waals surface area contributed by atoms with Gasteiger partial charge in [-0.2, -0.15) is 5.16 Å². The smallest absolute Gasteiger partial charge is 0.280 e. The molecule has 0 bridgehead atoms. The minimum absolute atomic E-state index is 0.212. The molecule has 0 radical (unpaired) electrons. The summed E-state index contributed by atoms with van der Waals surface area (Å²) in [6, 6.07) is 9.23. The molecule has 0 aliphatic heterocycles. The quantitative estimate of drug-likeness (QED) is 0.719. The summed E-state index contributed by atoms with van der Waals surface area (Å²) in [5.41, 5.74) is 1.84. The van der Waals surface area contributed by atoms with E-state index in [9.17, 15) is 4.79 Å². The van der Waals surface area contributed by atoms with Crippen molar-refractivity contribution in [1.29, 1.82) is 0 Å². The highest BCUT2D eigenvalue weighted by molar-refractivity contribution is 5.57. The number of benzene rings is 1. The molecule has 0 fully saturated rings. The van der Waals surface area contributed by atoms with E-state index in [4.69, 9.17) is 4.52 Å². The number of rotatable bonds is 1. The van der Waals surface area contributed by atoms with Crippen molar-refractivity contribution >= 4 is 0 Å². The molecular weight excluding hydrogens is 166 g/mol. The van der Waals surface area contributed by atoms with Gasteiger partial charge in [-0.1, -0.05) is 23.8 Å². The van der Waals surface area contributed by atoms with Crippen LogP contribution >= 0.6 is 0 Å². The van der Waals surface area contributed by atoms with Crippen molar-refractivity contribution in [1.82, 2.24) is 5.16 Å². The molecular formula is C10H9NO2. The number of aryl methyl sites for hydroxylation is 1. The molecule has 0 amide bonds. The van der Waals surface area contributed by atoms with E-state index in [0.717, 1.165) is 11.1 Å². The maximum Gasteiger partial charge on any atom is 0.280 e. The Kier molecular flexibility index (Phi) is 1.77. The normalized spacial score (nSPS) is 10.2. The van der Waals surface area contributed by atoms with Gasteiger partial charge in [-0.05, 0) is 13.0 Å². The maximum absolute atomic E-state index is 10.8. The molecule has 66 valence electrons. The minimum atomic E-state index is -0.212. The molecule has 0 aliphatic carbocycles. The highest BCUT2D eigenvalue weighted by Gasteiger charge is 2.02. The molecule has 1 N–H and O–H groups in total. The number of H-pyrrole nitrogens is 1. The first-order valence-corrected chi connectivity index (χ1v) is 4.01. The van der Waals surface area contributed by atoms with Crippen LogP contribution in [0.4, 0.5) is 0 Å². The number of aromatic amines is 1. The van der Waals surface area contributed by atoms with Gasteiger partial charge < -0.3 is 4.52 Å². The molecule has 13 heavy (non-hydrogen) atoms. The van der Waals surface area contributed by atoms with E-state index in [0.29, 0.717) is 5.76 Å². The Bertz CT molecular complexity index is 468. The van der Waals surface area contributed by atoms with Crippen LogP contribution in [-0.4, -0.2) is 5.16 Å². The van der Waals surface area contributed by atoms with Crippen LogP contribution in [0.3, 0.4) is 0 Å². The standard InChI is InChI=1S/C10H9NO2/c1-7-3-2-4-8(5-7)9-6-10(12)11-13-9/h2-6H,1H3,(H,11,12). The maximum atomic E-state index is 10.8. The van der Waals surface area contributed by atoms with Crippen molar-refractivity contribution in [3.8, 4) is 11.3 Å². The Morgan fingerprint density at radius 3 is 2.77 bits per heavy atom. The van der Waals surface area contributed by atoms with Crippen LogP contribution in [0.1, 0.15) is 5.56 Å². The van der Waals surface area contributed by atoms with Gasteiger partial charge in [-0.3, -0.25) is 4.79 Å². The summed E-state index contributed by atoms with van der Waals surface area (Å²) >= 11 is 0. The lowest BCUT2D eigenvalue weighted by atomic mass is 10.1. The van der Waals surface area contributed by atoms with Crippen LogP contribution in [0.25, 0.3) is 11.3 Å². The van der Waals surface area contributed by atoms with Gasteiger partial charge in [0.2, 0.25) is 0 Å². The Morgan fingerprint density at radius 2 is 2.15 bits per heavy atom. The van der Waals surface area contributed by atoms with Crippen LogP contribution < -0.4 is 5.56 Å². The van der Waals surface area contributed by atoms with E-state index < -0.39 is 0 Å². The lowest BCUT2D eigenvalue weighted by molar-refractivity contribution is 0.426. The summed E-state index contributed by atoms with van der Waals surface area (Å²) in [6.45, 7) is 1.99. The van der Waals surface area contributed by atoms with Crippen LogP contribution in [-0.2, 0) is 0 Å². The van der Waals surface area contributed by atoms with Gasteiger partial charge >= 0.3 is 0 Å². The lowest BCUT2D eigenvalue weighted by Crippen LogP contribution is -1.92. The van der Waals surface area contributed by atoms with E-state index >= 15 is 0 Å². The van der Waals surface area contributed by atoms with Gasteiger partial charge in [-0.15, -0.1) is 0 Å². The topological polar surface area (TPSA) is 46.0 Å². The van der Waals surface area contributed by atoms with Gasteiger partial charge in [0, 0.05) is 5.56 Å². The van der Waals surface area contributed by atoms with Crippen molar-refractivity contribution in [2.24, 2.45) is 0 Å². The average molecular weight is 175 g/mol. The van der Waals surface area contributed by atoms with Crippen LogP contribution in [0.15, 0.2) is 39.6 Å². The first-order valence-electron chi connectivity index (χ1n) is 4.01. The van der Waals surface area contributed by atoms with Gasteiger partial charge in [0.25, 0.3) is 5.56 Å². The summed E-state index contributed by atoms with van der Waals surface area (Å²) in [4.78, 5) is 10.8. The van der Waals surface area contributed by atoms with E-state index in [1.807, 2.05) is 31.2 Å². The molecule has 0 saturated heterocycles. The predicted octanol–water partition coefficient (Wildman–Crippen LogP) is 1.94. The minimum Gasteiger partial charge on any atom is -0.378 e. The summed E-state index contributed by atoms with van der Waals surface area (Å²) in [5, 5.41) is 2.26. The molecule has 1 aromatic heterocycles. The second kappa shape index (κ2) is 2.94. The Morgan fingerprint density at radius 1 is 1.31 bits per heavy atom. The van der Waals surface area contributed by atoms with Crippen LogP contribution in [0, 0.1) is 6.92 Å². The zero-order chi connectivity index (χ0) is 9.26. The molecule has 0 saturated carbocycles. The van der Waals surface area contributed by atoms with Crippen molar-refractivity contribution in [2.45, 2.75) is 6.92 Å². The van der Waals surface area contributed by atoms with Gasteiger partial charge in [0.15, 0.2) is 5.76 Å². The zero-order valence-corrected chi connectivity index (χ0v) is 7.20. The van der Waals surface area contributed by atoms with E-state index in [-0.39, 0.29) is 5.56 Å². The fourth-order valence-corrected chi connectivity index (χ4v) is 1.22. The molecule has 3 heteroatoms. The third-order valence-electron chi connectivity index (χ3n) is 1.83. The highest BCUT2D eigenvalue weighted by atomic mass is 16.5. The summed E-state index contributed by atoms with van der Waals surface area (Å²) in [5.74, 6) is 0.578. The fraction of sp³-hybridized carbons (Fsp3) is 0.100. The van der Waals surface area contributed by atoms with Crippen molar-refractivity contribution in [3.05, 3.63) is 46.2 Å². The molecule has 2 aromatic rings. The molecule has 3 nitrogen and oxygen atoms in total. The van der Waals surface area contributed by atoms with E-state index in [2.05, 4.69) is 5.16 Å². The number of aromatic nitrogens is 1. The summed E-state index contributed by atoms with van der Waals surface area (Å²) < 4.78 is 4.97. The van der Waals surface area contributed by atoms with Crippen LogP contribution in [0.5, 0.6) is 0 Å². The Balaban J connectivity index is 2.52. The molecule has 1 heterocycles. The molecule has 0 unspecified atom stereocenters.